The first-order valence-electron chi connectivity index (χ1n) is 13.2. The van der Waals surface area contributed by atoms with Crippen molar-refractivity contribution in [2.75, 3.05) is 7.05 Å². The molecule has 0 aromatic heterocycles. The van der Waals surface area contributed by atoms with Gasteiger partial charge in [-0.15, -0.1) is 0 Å². The Labute approximate surface area is 209 Å². The Bertz CT molecular complexity index is 1160. The van der Waals surface area contributed by atoms with Gasteiger partial charge in [0.25, 0.3) is 0 Å². The van der Waals surface area contributed by atoms with Gasteiger partial charge in [0.05, 0.1) is 0 Å². The Morgan fingerprint density at radius 3 is 2.31 bits per heavy atom. The fourth-order valence-corrected chi connectivity index (χ4v) is 8.97. The van der Waals surface area contributed by atoms with Gasteiger partial charge in [-0.25, -0.2) is 4.79 Å². The Balaban J connectivity index is 1.62. The molecule has 190 valence electrons. The molecule has 0 unspecified atom stereocenters. The summed E-state index contributed by atoms with van der Waals surface area (Å²) >= 11 is 0. The molecule has 0 aromatic carbocycles. The highest BCUT2D eigenvalue weighted by Gasteiger charge is 2.67. The molecule has 5 heteroatoms. The number of amides is 1. The molecule has 1 amide bonds. The monoisotopic (exact) mass is 479 g/mol. The molecule has 0 bridgehead atoms. The fourth-order valence-electron chi connectivity index (χ4n) is 8.97. The zero-order valence-electron chi connectivity index (χ0n) is 22.4. The van der Waals surface area contributed by atoms with Crippen LogP contribution in [0.25, 0.3) is 0 Å². The Morgan fingerprint density at radius 2 is 1.66 bits per heavy atom. The minimum Gasteiger partial charge on any atom is -0.504 e. The van der Waals surface area contributed by atoms with Crippen molar-refractivity contribution in [2.45, 2.75) is 92.0 Å². The molecule has 3 saturated carbocycles. The van der Waals surface area contributed by atoms with E-state index in [1.165, 1.54) is 5.57 Å². The summed E-state index contributed by atoms with van der Waals surface area (Å²) in [7, 11) is 1.74. The van der Waals surface area contributed by atoms with E-state index in [1.54, 1.807) is 18.0 Å². The van der Waals surface area contributed by atoms with Gasteiger partial charge >= 0.3 is 6.09 Å². The van der Waals surface area contributed by atoms with E-state index in [9.17, 15) is 19.8 Å². The predicted molar refractivity (Wildman–Crippen MR) is 137 cm³/mol. The molecule has 35 heavy (non-hydrogen) atoms. The van der Waals surface area contributed by atoms with Crippen LogP contribution in [-0.4, -0.2) is 39.6 Å². The van der Waals surface area contributed by atoms with E-state index in [0.717, 1.165) is 56.1 Å². The van der Waals surface area contributed by atoms with Gasteiger partial charge < -0.3 is 15.1 Å². The zero-order valence-corrected chi connectivity index (χ0v) is 22.4. The van der Waals surface area contributed by atoms with Crippen LogP contribution in [-0.2, 0) is 4.79 Å². The van der Waals surface area contributed by atoms with Gasteiger partial charge in [-0.2, -0.15) is 0 Å². The molecule has 0 aromatic rings. The van der Waals surface area contributed by atoms with Crippen molar-refractivity contribution in [1.29, 1.82) is 0 Å². The molecule has 0 spiro atoms. The minimum atomic E-state index is -0.843. The Kier molecular flexibility index (Phi) is 4.98. The topological polar surface area (TPSA) is 77.8 Å². The van der Waals surface area contributed by atoms with E-state index < -0.39 is 6.09 Å². The minimum absolute atomic E-state index is 0.0317. The second-order valence-electron chi connectivity index (χ2n) is 13.4. The molecule has 2 N–H and O–H groups in total. The lowest BCUT2D eigenvalue weighted by molar-refractivity contribution is -0.161. The third-order valence-electron chi connectivity index (χ3n) is 11.9. The van der Waals surface area contributed by atoms with Crippen LogP contribution in [0.1, 0.15) is 86.5 Å². The highest BCUT2D eigenvalue weighted by atomic mass is 16.4. The van der Waals surface area contributed by atoms with Crippen LogP contribution in [0.4, 0.5) is 4.79 Å². The van der Waals surface area contributed by atoms with E-state index in [1.807, 2.05) is 6.92 Å². The normalized spacial score (nSPS) is 44.7. The summed E-state index contributed by atoms with van der Waals surface area (Å²) in [6.07, 6.45) is 12.3. The van der Waals surface area contributed by atoms with E-state index in [2.05, 4.69) is 46.8 Å². The number of carbonyl (C=O) groups excluding carboxylic acids is 1. The Hall–Kier alpha value is -2.30. The lowest BCUT2D eigenvalue weighted by Gasteiger charge is -2.70. The van der Waals surface area contributed by atoms with Gasteiger partial charge in [-0.05, 0) is 98.2 Å². The standard InChI is InChI=1S/C30H41NO4/c1-18-19-8-9-22-28(4,20(19)16-21(32)24(18)33)13-15-30(6)23-17-27(3,31(7)25(34)35)12-10-26(23,2)11-14-29(22,30)5/h8-9,16,23,33H,10-15,17H2,1-7H3,(H,34,35)/t23-,26-,27-,28+,29-,30+/m1/s1. The first-order chi connectivity index (χ1) is 16.1. The quantitative estimate of drug-likeness (QED) is 0.425. The van der Waals surface area contributed by atoms with Crippen molar-refractivity contribution in [3.63, 3.8) is 0 Å². The SMILES string of the molecule is CC1=C(O)C(=O)C=C2C1=CC=C1[C@@]2(C)CC[C@@]2(C)[C@@H]3C[C@](C)(N(C)C(=O)O)CC[C@]3(C)CC[C@]12C. The third-order valence-corrected chi connectivity index (χ3v) is 11.9. The largest absolute Gasteiger partial charge is 0.504 e. The van der Waals surface area contributed by atoms with Crippen molar-refractivity contribution in [1.82, 2.24) is 4.90 Å². The highest BCUT2D eigenvalue weighted by molar-refractivity contribution is 6.06. The molecular formula is C30H41NO4. The van der Waals surface area contributed by atoms with Gasteiger partial charge in [0.2, 0.25) is 5.78 Å². The van der Waals surface area contributed by atoms with Crippen molar-refractivity contribution in [3.8, 4) is 0 Å². The van der Waals surface area contributed by atoms with Crippen LogP contribution in [0, 0.1) is 27.6 Å². The molecule has 0 radical (unpaired) electrons. The average Bonchev–Trinajstić information content (AvgIpc) is 2.80. The zero-order chi connectivity index (χ0) is 25.8. The van der Waals surface area contributed by atoms with E-state index in [-0.39, 0.29) is 38.7 Å². The summed E-state index contributed by atoms with van der Waals surface area (Å²) in [5.41, 5.74) is 3.75. The van der Waals surface area contributed by atoms with Gasteiger partial charge in [0, 0.05) is 23.6 Å². The second-order valence-corrected chi connectivity index (χ2v) is 13.4. The number of hydrogen-bond donors (Lipinski definition) is 2. The van der Waals surface area contributed by atoms with Crippen molar-refractivity contribution in [2.24, 2.45) is 27.6 Å². The van der Waals surface area contributed by atoms with E-state index in [4.69, 9.17) is 0 Å². The number of rotatable bonds is 1. The van der Waals surface area contributed by atoms with Crippen LogP contribution in [0.2, 0.25) is 0 Å². The van der Waals surface area contributed by atoms with Gasteiger partial charge in [-0.1, -0.05) is 45.4 Å². The first kappa shape index (κ1) is 24.4. The van der Waals surface area contributed by atoms with Crippen LogP contribution in [0.3, 0.4) is 0 Å². The second kappa shape index (κ2) is 7.14. The van der Waals surface area contributed by atoms with Crippen LogP contribution in [0.15, 0.2) is 46.3 Å². The molecule has 0 heterocycles. The van der Waals surface area contributed by atoms with Gasteiger partial charge in [0.15, 0.2) is 5.76 Å². The van der Waals surface area contributed by atoms with Crippen LogP contribution in [0.5, 0.6) is 0 Å². The van der Waals surface area contributed by atoms with Crippen molar-refractivity contribution >= 4 is 11.9 Å². The molecule has 0 saturated heterocycles. The maximum Gasteiger partial charge on any atom is 0.407 e. The number of hydrogen-bond acceptors (Lipinski definition) is 3. The number of aliphatic hydroxyl groups is 1. The van der Waals surface area contributed by atoms with Crippen molar-refractivity contribution < 1.29 is 19.8 Å². The molecule has 0 aliphatic heterocycles. The maximum absolute atomic E-state index is 12.6. The number of carbonyl (C=O) groups is 2. The summed E-state index contributed by atoms with van der Waals surface area (Å²) in [5, 5.41) is 20.1. The maximum atomic E-state index is 12.6. The third kappa shape index (κ3) is 2.93. The fraction of sp³-hybridized carbons (Fsp3) is 0.667. The van der Waals surface area contributed by atoms with Gasteiger partial charge in [0.1, 0.15) is 0 Å². The molecule has 5 aliphatic rings. The highest BCUT2D eigenvalue weighted by Crippen LogP contribution is 2.75. The number of allylic oxidation sites excluding steroid dienone is 7. The summed E-state index contributed by atoms with van der Waals surface area (Å²) in [6.45, 7) is 13.6. The number of ketones is 1. The summed E-state index contributed by atoms with van der Waals surface area (Å²) < 4.78 is 0. The number of nitrogens with zero attached hydrogens (tertiary/aromatic N) is 1. The first-order valence-corrected chi connectivity index (χ1v) is 13.2. The Morgan fingerprint density at radius 1 is 1.00 bits per heavy atom. The molecule has 5 nitrogen and oxygen atoms in total. The summed E-state index contributed by atoms with van der Waals surface area (Å²) in [5.74, 6) is -0.00542. The summed E-state index contributed by atoms with van der Waals surface area (Å²) in [4.78, 5) is 26.2. The molecular weight excluding hydrogens is 438 g/mol. The van der Waals surface area contributed by atoms with E-state index in [0.29, 0.717) is 11.5 Å². The van der Waals surface area contributed by atoms with E-state index >= 15 is 0 Å². The average molecular weight is 480 g/mol. The summed E-state index contributed by atoms with van der Waals surface area (Å²) in [6, 6.07) is 0. The molecule has 5 aliphatic carbocycles. The molecule has 6 atom stereocenters. The lowest BCUT2D eigenvalue weighted by Crippen LogP contribution is -2.64. The number of fused-ring (bicyclic) bond motifs is 7. The van der Waals surface area contributed by atoms with Crippen molar-refractivity contribution in [3.05, 3.63) is 46.3 Å². The number of carboxylic acid groups (broad SMARTS) is 1. The van der Waals surface area contributed by atoms with Gasteiger partial charge in [-0.3, -0.25) is 4.79 Å². The lowest BCUT2D eigenvalue weighted by atomic mass is 9.35. The van der Waals surface area contributed by atoms with Crippen LogP contribution < -0.4 is 0 Å². The predicted octanol–water partition coefficient (Wildman–Crippen LogP) is 6.98. The van der Waals surface area contributed by atoms with Crippen LogP contribution >= 0.6 is 0 Å². The molecule has 5 rings (SSSR count). The molecule has 3 fully saturated rings. The number of aliphatic hydroxyl groups excluding tert-OH is 1. The smallest absolute Gasteiger partial charge is 0.407 e.